The first-order chi connectivity index (χ1) is 11.6. The number of hydrogen-bond donors (Lipinski definition) is 1. The third-order valence-electron chi connectivity index (χ3n) is 3.61. The topological polar surface area (TPSA) is 90.2 Å². The summed E-state index contributed by atoms with van der Waals surface area (Å²) < 4.78 is 6.63. The number of rotatable bonds is 5. The van der Waals surface area contributed by atoms with Crippen LogP contribution in [-0.4, -0.2) is 33.6 Å². The molecule has 8 heteroatoms. The Bertz CT molecular complexity index is 843. The summed E-state index contributed by atoms with van der Waals surface area (Å²) in [6.07, 6.45) is 1.57. The Kier molecular flexibility index (Phi) is 4.57. The van der Waals surface area contributed by atoms with Crippen molar-refractivity contribution in [1.29, 1.82) is 0 Å². The number of thioether (sulfide) groups is 1. The molecule has 124 valence electrons. The van der Waals surface area contributed by atoms with Gasteiger partial charge in [0.15, 0.2) is 5.82 Å². The van der Waals surface area contributed by atoms with Crippen molar-refractivity contribution in [1.82, 2.24) is 14.9 Å². The van der Waals surface area contributed by atoms with Gasteiger partial charge in [0.25, 0.3) is 0 Å². The molecule has 0 unspecified atom stereocenters. The predicted molar refractivity (Wildman–Crippen MR) is 93.2 cm³/mol. The molecule has 24 heavy (non-hydrogen) atoms. The maximum absolute atomic E-state index is 12.3. The fourth-order valence-electron chi connectivity index (χ4n) is 2.19. The Labute approximate surface area is 143 Å². The summed E-state index contributed by atoms with van der Waals surface area (Å²) >= 11 is 1.24. The summed E-state index contributed by atoms with van der Waals surface area (Å²) in [5.41, 5.74) is 1.62. The number of nitrogens with two attached hydrogens (primary N) is 1. The van der Waals surface area contributed by atoms with Crippen LogP contribution in [0.3, 0.4) is 0 Å². The number of nitrogens with zero attached hydrogens (tertiary/aromatic N) is 4. The van der Waals surface area contributed by atoms with E-state index in [0.29, 0.717) is 16.7 Å². The zero-order chi connectivity index (χ0) is 17.1. The Balaban J connectivity index is 1.68. The van der Waals surface area contributed by atoms with Crippen LogP contribution in [0.1, 0.15) is 5.76 Å². The number of carbonyl (C=O) groups excluding carboxylic acids is 1. The van der Waals surface area contributed by atoms with Gasteiger partial charge in [-0.2, -0.15) is 0 Å². The van der Waals surface area contributed by atoms with Crippen molar-refractivity contribution in [2.75, 3.05) is 23.5 Å². The average molecular weight is 343 g/mol. The van der Waals surface area contributed by atoms with E-state index in [1.807, 2.05) is 37.3 Å². The zero-order valence-electron chi connectivity index (χ0n) is 13.3. The number of aryl methyl sites for hydroxylation is 1. The number of carbonyl (C=O) groups is 1. The van der Waals surface area contributed by atoms with Crippen LogP contribution in [0.25, 0.3) is 11.4 Å². The van der Waals surface area contributed by atoms with Gasteiger partial charge in [-0.25, -0.2) is 4.68 Å². The van der Waals surface area contributed by atoms with Crippen LogP contribution in [-0.2, 0) is 4.79 Å². The number of benzene rings is 1. The van der Waals surface area contributed by atoms with Crippen LogP contribution in [0.5, 0.6) is 0 Å². The van der Waals surface area contributed by atoms with Gasteiger partial charge < -0.3 is 15.2 Å². The van der Waals surface area contributed by atoms with Gasteiger partial charge in [-0.1, -0.05) is 30.0 Å². The minimum atomic E-state index is -0.0461. The summed E-state index contributed by atoms with van der Waals surface area (Å²) in [5.74, 6) is 7.43. The van der Waals surface area contributed by atoms with Crippen LogP contribution in [0.4, 0.5) is 5.69 Å². The number of para-hydroxylation sites is 1. The summed E-state index contributed by atoms with van der Waals surface area (Å²) in [4.78, 5) is 13.9. The second kappa shape index (κ2) is 6.79. The van der Waals surface area contributed by atoms with Gasteiger partial charge in [-0.15, -0.1) is 10.2 Å². The van der Waals surface area contributed by atoms with Crippen LogP contribution >= 0.6 is 11.8 Å². The smallest absolute Gasteiger partial charge is 0.237 e. The van der Waals surface area contributed by atoms with Gasteiger partial charge in [0, 0.05) is 12.7 Å². The van der Waals surface area contributed by atoms with E-state index in [9.17, 15) is 4.79 Å². The fourth-order valence-corrected chi connectivity index (χ4v) is 2.97. The summed E-state index contributed by atoms with van der Waals surface area (Å²) in [5, 5.41) is 8.61. The molecule has 0 saturated carbocycles. The second-order valence-corrected chi connectivity index (χ2v) is 6.09. The van der Waals surface area contributed by atoms with E-state index in [1.54, 1.807) is 24.3 Å². The minimum Gasteiger partial charge on any atom is -0.469 e. The normalized spacial score (nSPS) is 10.8. The average Bonchev–Trinajstić information content (AvgIpc) is 3.18. The van der Waals surface area contributed by atoms with E-state index in [4.69, 9.17) is 10.3 Å². The monoisotopic (exact) mass is 343 g/mol. The second-order valence-electron chi connectivity index (χ2n) is 5.14. The zero-order valence-corrected chi connectivity index (χ0v) is 14.2. The standard InChI is InChI=1S/C16H17N5O2S/c1-11-13(8-9-23-11)15-18-19-16(21(15)17)24-10-14(22)20(2)12-6-4-3-5-7-12/h3-9H,10,17H2,1-2H3. The molecule has 0 radical (unpaired) electrons. The highest BCUT2D eigenvalue weighted by Crippen LogP contribution is 2.25. The van der Waals surface area contributed by atoms with Crippen LogP contribution < -0.4 is 10.7 Å². The largest absolute Gasteiger partial charge is 0.469 e. The first-order valence-corrected chi connectivity index (χ1v) is 8.26. The Hall–Kier alpha value is -2.74. The number of amides is 1. The molecular formula is C16H17N5O2S. The van der Waals surface area contributed by atoms with Crippen molar-refractivity contribution in [3.63, 3.8) is 0 Å². The van der Waals surface area contributed by atoms with E-state index in [-0.39, 0.29) is 11.7 Å². The van der Waals surface area contributed by atoms with Gasteiger partial charge in [0.05, 0.1) is 17.6 Å². The highest BCUT2D eigenvalue weighted by atomic mass is 32.2. The third kappa shape index (κ3) is 3.13. The van der Waals surface area contributed by atoms with E-state index in [1.165, 1.54) is 16.4 Å². The lowest BCUT2D eigenvalue weighted by atomic mass is 10.2. The third-order valence-corrected chi connectivity index (χ3v) is 4.53. The molecular weight excluding hydrogens is 326 g/mol. The van der Waals surface area contributed by atoms with Gasteiger partial charge in [0.2, 0.25) is 11.1 Å². The Morgan fingerprint density at radius 2 is 2.04 bits per heavy atom. The summed E-state index contributed by atoms with van der Waals surface area (Å²) in [6, 6.07) is 11.2. The maximum Gasteiger partial charge on any atom is 0.237 e. The summed E-state index contributed by atoms with van der Waals surface area (Å²) in [6.45, 7) is 1.83. The van der Waals surface area contributed by atoms with Gasteiger partial charge >= 0.3 is 0 Å². The van der Waals surface area contributed by atoms with E-state index < -0.39 is 0 Å². The van der Waals surface area contributed by atoms with Crippen molar-refractivity contribution < 1.29 is 9.21 Å². The highest BCUT2D eigenvalue weighted by Gasteiger charge is 2.18. The Morgan fingerprint density at radius 3 is 2.71 bits per heavy atom. The lowest BCUT2D eigenvalue weighted by Gasteiger charge is -2.16. The Morgan fingerprint density at radius 1 is 1.29 bits per heavy atom. The quantitative estimate of drug-likeness (QED) is 0.565. The molecule has 3 rings (SSSR count). The van der Waals surface area contributed by atoms with Gasteiger partial charge in [-0.3, -0.25) is 4.79 Å². The molecule has 3 aromatic rings. The molecule has 0 fully saturated rings. The number of aromatic nitrogens is 3. The molecule has 0 aliphatic heterocycles. The van der Waals surface area contributed by atoms with Crippen LogP contribution in [0, 0.1) is 6.92 Å². The van der Waals surface area contributed by atoms with E-state index >= 15 is 0 Å². The molecule has 1 aromatic carbocycles. The SMILES string of the molecule is Cc1occc1-c1nnc(SCC(=O)N(C)c2ccccc2)n1N. The van der Waals surface area contributed by atoms with Crippen molar-refractivity contribution in [2.45, 2.75) is 12.1 Å². The number of nitrogen functional groups attached to an aromatic ring is 1. The van der Waals surface area contributed by atoms with Crippen molar-refractivity contribution in [3.8, 4) is 11.4 Å². The van der Waals surface area contributed by atoms with Crippen LogP contribution in [0.2, 0.25) is 0 Å². The van der Waals surface area contributed by atoms with Crippen molar-refractivity contribution in [2.24, 2.45) is 0 Å². The molecule has 0 bridgehead atoms. The number of furan rings is 1. The first-order valence-electron chi connectivity index (χ1n) is 7.27. The van der Waals surface area contributed by atoms with Gasteiger partial charge in [0.1, 0.15) is 5.76 Å². The number of hydrogen-bond acceptors (Lipinski definition) is 6. The highest BCUT2D eigenvalue weighted by molar-refractivity contribution is 7.99. The van der Waals surface area contributed by atoms with E-state index in [2.05, 4.69) is 10.2 Å². The molecule has 0 spiro atoms. The molecule has 0 saturated heterocycles. The fraction of sp³-hybridized carbons (Fsp3) is 0.188. The minimum absolute atomic E-state index is 0.0461. The molecule has 7 nitrogen and oxygen atoms in total. The number of anilines is 1. The van der Waals surface area contributed by atoms with Crippen molar-refractivity contribution in [3.05, 3.63) is 48.4 Å². The molecule has 2 N–H and O–H groups in total. The lowest BCUT2D eigenvalue weighted by Crippen LogP contribution is -2.28. The summed E-state index contributed by atoms with van der Waals surface area (Å²) in [7, 11) is 1.74. The predicted octanol–water partition coefficient (Wildman–Crippen LogP) is 2.32. The molecule has 0 aliphatic rings. The van der Waals surface area contributed by atoms with Crippen molar-refractivity contribution >= 4 is 23.4 Å². The first kappa shape index (κ1) is 16.1. The molecule has 2 aromatic heterocycles. The molecule has 1 amide bonds. The molecule has 0 atom stereocenters. The van der Waals surface area contributed by atoms with Crippen LogP contribution in [0.15, 0.2) is 52.2 Å². The molecule has 2 heterocycles. The molecule has 0 aliphatic carbocycles. The lowest BCUT2D eigenvalue weighted by molar-refractivity contribution is -0.115. The van der Waals surface area contributed by atoms with Gasteiger partial charge in [-0.05, 0) is 25.1 Å². The van der Waals surface area contributed by atoms with E-state index in [0.717, 1.165) is 11.3 Å². The maximum atomic E-state index is 12.3.